The molecular weight excluding hydrogens is 368 g/mol. The van der Waals surface area contributed by atoms with E-state index in [0.717, 1.165) is 11.3 Å². The number of nitrogens with two attached hydrogens (primary N) is 1. The third-order valence-corrected chi connectivity index (χ3v) is 4.53. The van der Waals surface area contributed by atoms with Crippen LogP contribution in [0.2, 0.25) is 0 Å². The van der Waals surface area contributed by atoms with Gasteiger partial charge in [-0.1, -0.05) is 35.9 Å². The monoisotopic (exact) mass is 392 g/mol. The molecule has 0 fully saturated rings. The lowest BCUT2D eigenvalue weighted by atomic mass is 10.1. The molecule has 2 aromatic carbocycles. The Morgan fingerprint density at radius 1 is 1.10 bits per heavy atom. The van der Waals surface area contributed by atoms with Gasteiger partial charge in [-0.3, -0.25) is 14.3 Å². The molecule has 0 unspecified atom stereocenters. The van der Waals surface area contributed by atoms with E-state index in [0.29, 0.717) is 29.2 Å². The molecule has 3 rings (SSSR count). The van der Waals surface area contributed by atoms with Gasteiger partial charge in [0.2, 0.25) is 0 Å². The number of nitrogens with zero attached hydrogens (tertiary/aromatic N) is 2. The summed E-state index contributed by atoms with van der Waals surface area (Å²) >= 11 is 0. The molecule has 7 nitrogen and oxygen atoms in total. The summed E-state index contributed by atoms with van der Waals surface area (Å²) in [5, 5.41) is 7.40. The molecule has 0 aliphatic rings. The summed E-state index contributed by atoms with van der Waals surface area (Å²) in [4.78, 5) is 23.7. The fraction of sp³-hybridized carbons (Fsp3) is 0.227. The molecule has 0 bridgehead atoms. The minimum absolute atomic E-state index is 0.221. The fourth-order valence-corrected chi connectivity index (χ4v) is 3.06. The van der Waals surface area contributed by atoms with Gasteiger partial charge in [-0.25, -0.2) is 0 Å². The van der Waals surface area contributed by atoms with Crippen LogP contribution in [0.3, 0.4) is 0 Å². The highest BCUT2D eigenvalue weighted by Crippen LogP contribution is 2.20. The van der Waals surface area contributed by atoms with Crippen molar-refractivity contribution in [2.75, 3.05) is 11.9 Å². The first-order valence-corrected chi connectivity index (χ1v) is 9.25. The number of benzene rings is 2. The lowest BCUT2D eigenvalue weighted by molar-refractivity contribution is -0.119. The maximum Gasteiger partial charge on any atom is 0.259 e. The number of carbonyl (C=O) groups is 2. The first kappa shape index (κ1) is 20.1. The van der Waals surface area contributed by atoms with Gasteiger partial charge in [-0.15, -0.1) is 0 Å². The molecule has 0 saturated heterocycles. The average Bonchev–Trinajstić information content (AvgIpc) is 2.95. The number of aromatic nitrogens is 2. The summed E-state index contributed by atoms with van der Waals surface area (Å²) in [6.07, 6.45) is 0. The van der Waals surface area contributed by atoms with E-state index in [-0.39, 0.29) is 12.5 Å². The highest BCUT2D eigenvalue weighted by molar-refractivity contribution is 6.05. The van der Waals surface area contributed by atoms with Crippen molar-refractivity contribution in [3.8, 4) is 5.75 Å². The maximum absolute atomic E-state index is 12.9. The summed E-state index contributed by atoms with van der Waals surface area (Å²) in [7, 11) is 0. The Balaban J connectivity index is 1.76. The Morgan fingerprint density at radius 3 is 2.52 bits per heavy atom. The first-order chi connectivity index (χ1) is 13.8. The molecule has 7 heteroatoms. The van der Waals surface area contributed by atoms with Crippen molar-refractivity contribution in [1.82, 2.24) is 9.78 Å². The summed E-state index contributed by atoms with van der Waals surface area (Å²) in [6.45, 7) is 6.12. The van der Waals surface area contributed by atoms with E-state index >= 15 is 0 Å². The Kier molecular flexibility index (Phi) is 5.97. The molecular formula is C22H24N4O3. The van der Waals surface area contributed by atoms with Gasteiger partial charge in [0.15, 0.2) is 6.61 Å². The van der Waals surface area contributed by atoms with E-state index in [9.17, 15) is 9.59 Å². The number of hydrogen-bond acceptors (Lipinski definition) is 4. The zero-order chi connectivity index (χ0) is 21.0. The molecule has 0 spiro atoms. The third kappa shape index (κ3) is 5.01. The van der Waals surface area contributed by atoms with E-state index in [1.165, 1.54) is 5.56 Å². The lowest BCUT2D eigenvalue weighted by Gasteiger charge is -2.09. The number of ether oxygens (including phenoxy) is 1. The minimum Gasteiger partial charge on any atom is -0.484 e. The fourth-order valence-electron chi connectivity index (χ4n) is 3.06. The van der Waals surface area contributed by atoms with Gasteiger partial charge in [0.05, 0.1) is 17.8 Å². The predicted octanol–water partition coefficient (Wildman–Crippen LogP) is 2.97. The van der Waals surface area contributed by atoms with Crippen LogP contribution in [-0.2, 0) is 11.3 Å². The molecule has 29 heavy (non-hydrogen) atoms. The quantitative estimate of drug-likeness (QED) is 0.646. The van der Waals surface area contributed by atoms with Gasteiger partial charge in [-0.2, -0.15) is 5.10 Å². The zero-order valence-corrected chi connectivity index (χ0v) is 16.7. The van der Waals surface area contributed by atoms with E-state index in [1.54, 1.807) is 24.3 Å². The van der Waals surface area contributed by atoms with Gasteiger partial charge in [-0.05, 0) is 38.5 Å². The molecule has 0 radical (unpaired) electrons. The second-order valence-electron chi connectivity index (χ2n) is 6.93. The van der Waals surface area contributed by atoms with Crippen molar-refractivity contribution in [3.63, 3.8) is 0 Å². The van der Waals surface area contributed by atoms with Crippen LogP contribution in [0.1, 0.15) is 32.9 Å². The normalized spacial score (nSPS) is 10.6. The van der Waals surface area contributed by atoms with Crippen LogP contribution in [0, 0.1) is 20.8 Å². The Bertz CT molecular complexity index is 1040. The zero-order valence-electron chi connectivity index (χ0n) is 16.7. The van der Waals surface area contributed by atoms with Crippen LogP contribution in [0.4, 0.5) is 5.69 Å². The number of nitrogens with one attached hydrogen (secondary N) is 1. The highest BCUT2D eigenvalue weighted by Gasteiger charge is 2.19. The molecule has 3 aromatic rings. The molecule has 0 aliphatic carbocycles. The Hall–Kier alpha value is -3.61. The van der Waals surface area contributed by atoms with E-state index in [2.05, 4.69) is 34.7 Å². The van der Waals surface area contributed by atoms with Gasteiger partial charge in [0.25, 0.3) is 11.8 Å². The summed E-state index contributed by atoms with van der Waals surface area (Å²) in [5.74, 6) is -0.362. The molecule has 0 atom stereocenters. The number of anilines is 1. The molecule has 150 valence electrons. The van der Waals surface area contributed by atoms with Gasteiger partial charge in [0.1, 0.15) is 5.75 Å². The highest BCUT2D eigenvalue weighted by atomic mass is 16.5. The minimum atomic E-state index is -0.563. The smallest absolute Gasteiger partial charge is 0.259 e. The van der Waals surface area contributed by atoms with Crippen molar-refractivity contribution < 1.29 is 14.3 Å². The second kappa shape index (κ2) is 8.60. The topological polar surface area (TPSA) is 99.2 Å². The van der Waals surface area contributed by atoms with Crippen LogP contribution in [0.25, 0.3) is 0 Å². The second-order valence-corrected chi connectivity index (χ2v) is 6.93. The Morgan fingerprint density at radius 2 is 1.83 bits per heavy atom. The summed E-state index contributed by atoms with van der Waals surface area (Å²) in [6, 6.07) is 15.0. The largest absolute Gasteiger partial charge is 0.484 e. The predicted molar refractivity (Wildman–Crippen MR) is 111 cm³/mol. The van der Waals surface area contributed by atoms with Crippen molar-refractivity contribution in [3.05, 3.63) is 76.6 Å². The molecule has 2 amide bonds. The maximum atomic E-state index is 12.9. The Labute approximate surface area is 169 Å². The van der Waals surface area contributed by atoms with Crippen LogP contribution >= 0.6 is 0 Å². The number of aryl methyl sites for hydroxylation is 2. The number of carbonyl (C=O) groups excluding carboxylic acids is 2. The van der Waals surface area contributed by atoms with Gasteiger partial charge < -0.3 is 15.8 Å². The molecule has 0 aliphatic heterocycles. The number of amides is 2. The first-order valence-electron chi connectivity index (χ1n) is 9.25. The number of rotatable bonds is 7. The number of primary amides is 1. The molecule has 3 N–H and O–H groups in total. The van der Waals surface area contributed by atoms with Crippen molar-refractivity contribution in [2.45, 2.75) is 27.3 Å². The standard InChI is InChI=1S/C22H24N4O3/c1-14-7-9-17(10-8-14)12-26-16(3)21(15(2)25-26)22(28)24-18-5-4-6-19(11-18)29-13-20(23)27/h4-11H,12-13H2,1-3H3,(H2,23,27)(H,24,28). The van der Waals surface area contributed by atoms with Crippen LogP contribution in [0.15, 0.2) is 48.5 Å². The van der Waals surface area contributed by atoms with Gasteiger partial charge >= 0.3 is 0 Å². The molecule has 1 aromatic heterocycles. The van der Waals surface area contributed by atoms with Gasteiger partial charge in [0, 0.05) is 17.4 Å². The van der Waals surface area contributed by atoms with Crippen LogP contribution in [-0.4, -0.2) is 28.2 Å². The van der Waals surface area contributed by atoms with Crippen LogP contribution < -0.4 is 15.8 Å². The average molecular weight is 392 g/mol. The van der Waals surface area contributed by atoms with E-state index in [1.807, 2.05) is 25.5 Å². The van der Waals surface area contributed by atoms with E-state index in [4.69, 9.17) is 10.5 Å². The van der Waals surface area contributed by atoms with Crippen molar-refractivity contribution in [1.29, 1.82) is 0 Å². The third-order valence-electron chi connectivity index (χ3n) is 4.53. The van der Waals surface area contributed by atoms with Crippen molar-refractivity contribution >= 4 is 17.5 Å². The molecule has 0 saturated carbocycles. The van der Waals surface area contributed by atoms with Crippen molar-refractivity contribution in [2.24, 2.45) is 5.73 Å². The summed E-state index contributed by atoms with van der Waals surface area (Å²) < 4.78 is 7.11. The number of hydrogen-bond donors (Lipinski definition) is 2. The lowest BCUT2D eigenvalue weighted by Crippen LogP contribution is -2.20. The SMILES string of the molecule is Cc1ccc(Cn2nc(C)c(C(=O)Nc3cccc(OCC(N)=O)c3)c2C)cc1. The molecule has 1 heterocycles. The van der Waals surface area contributed by atoms with E-state index < -0.39 is 5.91 Å². The summed E-state index contributed by atoms with van der Waals surface area (Å²) in [5.41, 5.74) is 9.96. The van der Waals surface area contributed by atoms with Crippen LogP contribution in [0.5, 0.6) is 5.75 Å².